The lowest BCUT2D eigenvalue weighted by Gasteiger charge is -2.07. The Balaban J connectivity index is 1.81. The third kappa shape index (κ3) is 7.52. The highest BCUT2D eigenvalue weighted by Gasteiger charge is 2.21. The minimum Gasteiger partial charge on any atom is -0.462 e. The first-order valence-electron chi connectivity index (χ1n) is 9.82. The van der Waals surface area contributed by atoms with E-state index in [0.29, 0.717) is 19.3 Å². The predicted molar refractivity (Wildman–Crippen MR) is 116 cm³/mol. The quantitative estimate of drug-likeness (QED) is 0.196. The molecular weight excluding hydrogens is 474 g/mol. The normalized spacial score (nSPS) is 10.3. The zero-order valence-corrected chi connectivity index (χ0v) is 17.8. The molecule has 0 aliphatic heterocycles. The zero-order chi connectivity index (χ0) is 26.1. The number of nitro groups is 4. The number of carbonyl (C=O) groups is 2. The molecule has 0 aliphatic carbocycles. The smallest absolute Gasteiger partial charge is 0.338 e. The van der Waals surface area contributed by atoms with Gasteiger partial charge in [0, 0.05) is 30.8 Å². The molecule has 0 fully saturated rings. The number of amides is 1. The second-order valence-electron chi connectivity index (χ2n) is 6.96. The summed E-state index contributed by atoms with van der Waals surface area (Å²) in [6, 6.07) is 5.02. The fourth-order valence-corrected chi connectivity index (χ4v) is 2.82. The average molecular weight is 491 g/mol. The van der Waals surface area contributed by atoms with Gasteiger partial charge in [-0.3, -0.25) is 45.3 Å². The standard InChI is InChI=1S/C19H17N5O11/c25-18(12-6-14(21(27)28)10-15(7-12)22(29)30)20-4-2-1-3-5-35-19(26)13-8-16(23(31)32)11-17(9-13)24(33)34/h6-11H,1-5H2,(H,20,25). The fraction of sp³-hybridized carbons (Fsp3) is 0.263. The average Bonchev–Trinajstić information content (AvgIpc) is 2.82. The SMILES string of the molecule is O=C(NCCCCCOC(=O)c1cc([N+](=O)[O-])cc([N+](=O)[O-])c1)c1cc([N+](=O)[O-])cc([N+](=O)[O-])c1. The van der Waals surface area contributed by atoms with Crippen LogP contribution in [0.2, 0.25) is 0 Å². The van der Waals surface area contributed by atoms with E-state index in [-0.39, 0.29) is 24.3 Å². The number of nitrogens with zero attached hydrogens (tertiary/aromatic N) is 4. The summed E-state index contributed by atoms with van der Waals surface area (Å²) in [5.41, 5.74) is -3.04. The lowest BCUT2D eigenvalue weighted by atomic mass is 10.1. The van der Waals surface area contributed by atoms with Crippen molar-refractivity contribution in [3.05, 3.63) is 88.0 Å². The summed E-state index contributed by atoms with van der Waals surface area (Å²) in [5, 5.41) is 46.0. The molecule has 0 unspecified atom stereocenters. The van der Waals surface area contributed by atoms with Gasteiger partial charge in [0.2, 0.25) is 0 Å². The van der Waals surface area contributed by atoms with Gasteiger partial charge in [0.15, 0.2) is 0 Å². The van der Waals surface area contributed by atoms with Crippen molar-refractivity contribution in [2.24, 2.45) is 0 Å². The van der Waals surface area contributed by atoms with Gasteiger partial charge < -0.3 is 10.1 Å². The van der Waals surface area contributed by atoms with Crippen LogP contribution in [0, 0.1) is 40.5 Å². The van der Waals surface area contributed by atoms with Crippen LogP contribution in [0.4, 0.5) is 22.7 Å². The summed E-state index contributed by atoms with van der Waals surface area (Å²) in [4.78, 5) is 64.3. The number of hydrogen-bond donors (Lipinski definition) is 1. The van der Waals surface area contributed by atoms with Gasteiger partial charge in [-0.25, -0.2) is 4.79 Å². The molecule has 2 aromatic rings. The van der Waals surface area contributed by atoms with Crippen LogP contribution in [0.3, 0.4) is 0 Å². The molecule has 16 heteroatoms. The Kier molecular flexibility index (Phi) is 8.79. The Hall–Kier alpha value is -5.02. The monoisotopic (exact) mass is 491 g/mol. The van der Waals surface area contributed by atoms with E-state index in [4.69, 9.17) is 4.74 Å². The molecule has 16 nitrogen and oxygen atoms in total. The van der Waals surface area contributed by atoms with Gasteiger partial charge in [0.1, 0.15) is 0 Å². The van der Waals surface area contributed by atoms with Crippen LogP contribution in [-0.4, -0.2) is 44.7 Å². The summed E-state index contributed by atoms with van der Waals surface area (Å²) >= 11 is 0. The first-order valence-corrected chi connectivity index (χ1v) is 9.82. The number of non-ortho nitro benzene ring substituents is 4. The minimum atomic E-state index is -0.975. The van der Waals surface area contributed by atoms with E-state index in [0.717, 1.165) is 36.4 Å². The summed E-state index contributed by atoms with van der Waals surface area (Å²) in [6.45, 7) is 0.0285. The van der Waals surface area contributed by atoms with Gasteiger partial charge in [0.25, 0.3) is 28.7 Å². The van der Waals surface area contributed by atoms with Crippen molar-refractivity contribution in [2.75, 3.05) is 13.2 Å². The summed E-state index contributed by atoms with van der Waals surface area (Å²) in [6.07, 6.45) is 1.20. The number of esters is 1. The van der Waals surface area contributed by atoms with Gasteiger partial charge in [-0.05, 0) is 19.3 Å². The molecule has 0 aromatic heterocycles. The number of ether oxygens (including phenoxy) is 1. The highest BCUT2D eigenvalue weighted by atomic mass is 16.6. The van der Waals surface area contributed by atoms with Crippen molar-refractivity contribution >= 4 is 34.6 Å². The minimum absolute atomic E-state index is 0.0969. The lowest BCUT2D eigenvalue weighted by Crippen LogP contribution is -2.24. The second-order valence-corrected chi connectivity index (χ2v) is 6.96. The number of nitrogens with one attached hydrogen (secondary N) is 1. The van der Waals surface area contributed by atoms with Crippen LogP contribution in [0.5, 0.6) is 0 Å². The highest BCUT2D eigenvalue weighted by molar-refractivity contribution is 5.95. The molecule has 0 aliphatic rings. The van der Waals surface area contributed by atoms with Crippen LogP contribution in [0.25, 0.3) is 0 Å². The molecule has 2 rings (SSSR count). The molecular formula is C19H17N5O11. The number of nitro benzene ring substituents is 4. The van der Waals surface area contributed by atoms with Crippen LogP contribution in [-0.2, 0) is 4.74 Å². The van der Waals surface area contributed by atoms with Gasteiger partial charge in [-0.2, -0.15) is 0 Å². The molecule has 1 N–H and O–H groups in total. The van der Waals surface area contributed by atoms with Crippen molar-refractivity contribution in [1.29, 1.82) is 0 Å². The van der Waals surface area contributed by atoms with E-state index in [1.165, 1.54) is 0 Å². The Morgan fingerprint density at radius 2 is 1.09 bits per heavy atom. The maximum absolute atomic E-state index is 12.2. The van der Waals surface area contributed by atoms with E-state index in [1.54, 1.807) is 0 Å². The van der Waals surface area contributed by atoms with E-state index >= 15 is 0 Å². The Morgan fingerprint density at radius 1 is 0.657 bits per heavy atom. The molecule has 2 aromatic carbocycles. The summed E-state index contributed by atoms with van der Waals surface area (Å²) in [7, 11) is 0. The molecule has 184 valence electrons. The Bertz CT molecular complexity index is 1040. The molecule has 1 amide bonds. The zero-order valence-electron chi connectivity index (χ0n) is 17.8. The van der Waals surface area contributed by atoms with Gasteiger partial charge in [0.05, 0.1) is 49.6 Å². The second kappa shape index (κ2) is 11.7. The lowest BCUT2D eigenvalue weighted by molar-refractivity contribution is -0.394. The topological polar surface area (TPSA) is 228 Å². The van der Waals surface area contributed by atoms with Crippen molar-refractivity contribution in [2.45, 2.75) is 19.3 Å². The van der Waals surface area contributed by atoms with Crippen molar-refractivity contribution in [3.63, 3.8) is 0 Å². The summed E-state index contributed by atoms with van der Waals surface area (Å²) in [5.74, 6) is -1.71. The maximum Gasteiger partial charge on any atom is 0.338 e. The van der Waals surface area contributed by atoms with Crippen LogP contribution < -0.4 is 5.32 Å². The highest BCUT2D eigenvalue weighted by Crippen LogP contribution is 2.24. The molecule has 0 atom stereocenters. The van der Waals surface area contributed by atoms with E-state index in [2.05, 4.69) is 5.32 Å². The molecule has 35 heavy (non-hydrogen) atoms. The molecule has 0 bridgehead atoms. The third-order valence-corrected chi connectivity index (χ3v) is 4.49. The number of unbranched alkanes of at least 4 members (excludes halogenated alkanes) is 2. The fourth-order valence-electron chi connectivity index (χ4n) is 2.82. The predicted octanol–water partition coefficient (Wildman–Crippen LogP) is 3.08. The summed E-state index contributed by atoms with van der Waals surface area (Å²) < 4.78 is 4.97. The Morgan fingerprint density at radius 3 is 1.51 bits per heavy atom. The van der Waals surface area contributed by atoms with Gasteiger partial charge >= 0.3 is 5.97 Å². The van der Waals surface area contributed by atoms with Crippen LogP contribution in [0.1, 0.15) is 40.0 Å². The van der Waals surface area contributed by atoms with Gasteiger partial charge in [-0.1, -0.05) is 0 Å². The number of benzene rings is 2. The maximum atomic E-state index is 12.2. The van der Waals surface area contributed by atoms with Crippen LogP contribution in [0.15, 0.2) is 36.4 Å². The van der Waals surface area contributed by atoms with Crippen molar-refractivity contribution in [3.8, 4) is 0 Å². The number of rotatable bonds is 12. The largest absolute Gasteiger partial charge is 0.462 e. The Labute approximate surface area is 195 Å². The van der Waals surface area contributed by atoms with E-state index in [9.17, 15) is 50.0 Å². The van der Waals surface area contributed by atoms with E-state index in [1.807, 2.05) is 0 Å². The molecule has 0 spiro atoms. The van der Waals surface area contributed by atoms with E-state index < -0.39 is 54.3 Å². The molecule has 0 saturated carbocycles. The number of carbonyl (C=O) groups excluding carboxylic acids is 2. The first kappa shape index (κ1) is 26.2. The van der Waals surface area contributed by atoms with Gasteiger partial charge in [-0.15, -0.1) is 0 Å². The molecule has 0 saturated heterocycles. The number of hydrogen-bond acceptors (Lipinski definition) is 11. The first-order chi connectivity index (χ1) is 16.5. The molecule has 0 heterocycles. The third-order valence-electron chi connectivity index (χ3n) is 4.49. The molecule has 0 radical (unpaired) electrons. The van der Waals surface area contributed by atoms with Crippen molar-refractivity contribution in [1.82, 2.24) is 5.32 Å². The van der Waals surface area contributed by atoms with Crippen molar-refractivity contribution < 1.29 is 34.0 Å². The van der Waals surface area contributed by atoms with Crippen LogP contribution >= 0.6 is 0 Å².